The smallest absolute Gasteiger partial charge is 0.0952 e. The summed E-state index contributed by atoms with van der Waals surface area (Å²) in [4.78, 5) is 10.0. The zero-order valence-electron chi connectivity index (χ0n) is 6.99. The van der Waals surface area contributed by atoms with Crippen LogP contribution < -0.4 is 5.73 Å². The highest BCUT2D eigenvalue weighted by Crippen LogP contribution is 2.38. The molecule has 0 amide bonds. The second-order valence-corrected chi connectivity index (χ2v) is 3.59. The number of nitrogens with zero attached hydrogens (tertiary/aromatic N) is 1. The molecule has 2 N–H and O–H groups in total. The van der Waals surface area contributed by atoms with Gasteiger partial charge in [-0.05, 0) is 37.6 Å². The third-order valence-corrected chi connectivity index (χ3v) is 2.45. The van der Waals surface area contributed by atoms with E-state index in [1.54, 1.807) is 0 Å². The van der Waals surface area contributed by atoms with Crippen LogP contribution in [0, 0.1) is 16.7 Å². The molecule has 0 aromatic heterocycles. The van der Waals surface area contributed by atoms with Crippen molar-refractivity contribution >= 4 is 0 Å². The molecule has 0 aromatic rings. The minimum absolute atomic E-state index is 0.139. The Bertz CT molecular complexity index is 138. The van der Waals surface area contributed by atoms with Gasteiger partial charge in [0, 0.05) is 0 Å². The Morgan fingerprint density at radius 3 is 2.91 bits per heavy atom. The van der Waals surface area contributed by atoms with Gasteiger partial charge in [0.1, 0.15) is 0 Å². The van der Waals surface area contributed by atoms with Crippen molar-refractivity contribution in [1.29, 1.82) is 0 Å². The predicted molar refractivity (Wildman–Crippen MR) is 45.1 cm³/mol. The van der Waals surface area contributed by atoms with Crippen molar-refractivity contribution in [2.24, 2.45) is 22.7 Å². The van der Waals surface area contributed by atoms with Gasteiger partial charge >= 0.3 is 0 Å². The molecule has 0 spiro atoms. The molecule has 0 saturated heterocycles. The third kappa shape index (κ3) is 2.58. The van der Waals surface area contributed by atoms with Crippen LogP contribution in [0.3, 0.4) is 0 Å². The summed E-state index contributed by atoms with van der Waals surface area (Å²) in [7, 11) is 0. The lowest BCUT2D eigenvalue weighted by molar-refractivity contribution is 0.494. The number of hydrogen-bond acceptors (Lipinski definition) is 3. The average molecular weight is 156 g/mol. The molecule has 1 aliphatic carbocycles. The molecule has 0 aliphatic heterocycles. The Morgan fingerprint density at radius 2 is 2.45 bits per heavy atom. The van der Waals surface area contributed by atoms with E-state index in [2.05, 4.69) is 12.1 Å². The highest BCUT2D eigenvalue weighted by Gasteiger charge is 2.37. The maximum absolute atomic E-state index is 10.0. The molecule has 1 rings (SSSR count). The first kappa shape index (κ1) is 8.65. The summed E-state index contributed by atoms with van der Waals surface area (Å²) < 4.78 is 0. The van der Waals surface area contributed by atoms with Crippen LogP contribution >= 0.6 is 0 Å². The molecule has 64 valence electrons. The fraction of sp³-hybridized carbons (Fsp3) is 1.00. The maximum atomic E-state index is 10.0. The third-order valence-electron chi connectivity index (χ3n) is 2.45. The summed E-state index contributed by atoms with van der Waals surface area (Å²) in [5.41, 5.74) is 5.46. The lowest BCUT2D eigenvalue weighted by atomic mass is 10.0. The molecule has 11 heavy (non-hydrogen) atoms. The van der Waals surface area contributed by atoms with E-state index in [-0.39, 0.29) is 6.04 Å². The minimum atomic E-state index is 0.139. The van der Waals surface area contributed by atoms with Crippen LogP contribution in [0.5, 0.6) is 0 Å². The van der Waals surface area contributed by atoms with E-state index >= 15 is 0 Å². The van der Waals surface area contributed by atoms with Gasteiger partial charge in [-0.2, -0.15) is 4.91 Å². The van der Waals surface area contributed by atoms with Gasteiger partial charge in [0.2, 0.25) is 0 Å². The highest BCUT2D eigenvalue weighted by molar-refractivity contribution is 4.92. The van der Waals surface area contributed by atoms with E-state index in [0.29, 0.717) is 11.8 Å². The van der Waals surface area contributed by atoms with Gasteiger partial charge in [-0.15, -0.1) is 0 Å². The van der Waals surface area contributed by atoms with Crippen molar-refractivity contribution in [3.8, 4) is 0 Å². The van der Waals surface area contributed by atoms with Crippen molar-refractivity contribution in [2.45, 2.75) is 32.2 Å². The van der Waals surface area contributed by atoms with E-state index in [0.717, 1.165) is 25.8 Å². The van der Waals surface area contributed by atoms with Gasteiger partial charge in [-0.3, -0.25) is 0 Å². The minimum Gasteiger partial charge on any atom is -0.330 e. The summed E-state index contributed by atoms with van der Waals surface area (Å²) in [5, 5.41) is 3.00. The van der Waals surface area contributed by atoms with Crippen LogP contribution in [-0.2, 0) is 0 Å². The molecule has 3 nitrogen and oxygen atoms in total. The number of nitrogens with two attached hydrogens (primary N) is 1. The molecule has 1 aliphatic rings. The van der Waals surface area contributed by atoms with Gasteiger partial charge in [-0.1, -0.05) is 12.1 Å². The van der Waals surface area contributed by atoms with Crippen molar-refractivity contribution < 1.29 is 0 Å². The summed E-state index contributed by atoms with van der Waals surface area (Å²) in [5.74, 6) is 1.18. The lowest BCUT2D eigenvalue weighted by Crippen LogP contribution is -2.10. The first-order valence-corrected chi connectivity index (χ1v) is 4.30. The predicted octanol–water partition coefficient (Wildman–Crippen LogP) is 1.52. The maximum Gasteiger partial charge on any atom is 0.0952 e. The molecule has 1 fully saturated rings. The molecule has 3 unspecified atom stereocenters. The van der Waals surface area contributed by atoms with Gasteiger partial charge in [0.15, 0.2) is 0 Å². The summed E-state index contributed by atoms with van der Waals surface area (Å²) in [6, 6.07) is 0.139. The molecule has 3 atom stereocenters. The molecule has 0 heterocycles. The zero-order chi connectivity index (χ0) is 8.27. The average Bonchev–Trinajstić information content (AvgIpc) is 2.78. The van der Waals surface area contributed by atoms with Crippen LogP contribution in [0.2, 0.25) is 0 Å². The Morgan fingerprint density at radius 1 is 1.73 bits per heavy atom. The number of nitroso groups, excluding NO2 is 1. The molecular formula is C8H16N2O. The Labute approximate surface area is 67.3 Å². The Balaban J connectivity index is 2.01. The second kappa shape index (κ2) is 3.81. The van der Waals surface area contributed by atoms with E-state index in [4.69, 9.17) is 5.73 Å². The molecule has 1 saturated carbocycles. The first-order chi connectivity index (χ1) is 5.27. The molecule has 0 aromatic carbocycles. The molecule has 0 radical (unpaired) electrons. The van der Waals surface area contributed by atoms with Crippen LogP contribution in [0.1, 0.15) is 26.2 Å². The fourth-order valence-corrected chi connectivity index (χ4v) is 1.29. The monoisotopic (exact) mass is 156 g/mol. The van der Waals surface area contributed by atoms with Crippen molar-refractivity contribution in [3.05, 3.63) is 4.91 Å². The highest BCUT2D eigenvalue weighted by atomic mass is 16.3. The van der Waals surface area contributed by atoms with E-state index < -0.39 is 0 Å². The lowest BCUT2D eigenvalue weighted by Gasteiger charge is -2.05. The normalized spacial score (nSPS) is 31.5. The Hall–Kier alpha value is -0.440. The van der Waals surface area contributed by atoms with Crippen LogP contribution in [0.15, 0.2) is 5.18 Å². The largest absolute Gasteiger partial charge is 0.330 e. The fourth-order valence-electron chi connectivity index (χ4n) is 1.29. The summed E-state index contributed by atoms with van der Waals surface area (Å²) in [6.45, 7) is 2.90. The van der Waals surface area contributed by atoms with E-state index in [1.807, 2.05) is 0 Å². The van der Waals surface area contributed by atoms with Crippen LogP contribution in [-0.4, -0.2) is 12.6 Å². The topological polar surface area (TPSA) is 55.4 Å². The van der Waals surface area contributed by atoms with Crippen molar-refractivity contribution in [3.63, 3.8) is 0 Å². The van der Waals surface area contributed by atoms with Crippen molar-refractivity contribution in [2.75, 3.05) is 6.54 Å². The van der Waals surface area contributed by atoms with Gasteiger partial charge in [-0.25, -0.2) is 0 Å². The summed E-state index contributed by atoms with van der Waals surface area (Å²) >= 11 is 0. The van der Waals surface area contributed by atoms with Gasteiger partial charge < -0.3 is 5.73 Å². The van der Waals surface area contributed by atoms with Gasteiger partial charge in [0.05, 0.1) is 6.04 Å². The Kier molecular flexibility index (Phi) is 3.00. The number of rotatable bonds is 5. The number of hydrogen-bond donors (Lipinski definition) is 1. The second-order valence-electron chi connectivity index (χ2n) is 3.59. The van der Waals surface area contributed by atoms with Crippen LogP contribution in [0.25, 0.3) is 0 Å². The van der Waals surface area contributed by atoms with Crippen LogP contribution in [0.4, 0.5) is 0 Å². The molecular weight excluding hydrogens is 140 g/mol. The molecule has 3 heteroatoms. The standard InChI is InChI=1S/C8H16N2O/c1-6(5-9)2-3-7-4-8(7)10-11/h6-8H,2-5,9H2,1H3. The zero-order valence-corrected chi connectivity index (χ0v) is 6.99. The first-order valence-electron chi connectivity index (χ1n) is 4.30. The quantitative estimate of drug-likeness (QED) is 0.613. The van der Waals surface area contributed by atoms with E-state index in [9.17, 15) is 4.91 Å². The summed E-state index contributed by atoms with van der Waals surface area (Å²) in [6.07, 6.45) is 3.29. The molecule has 0 bridgehead atoms. The van der Waals surface area contributed by atoms with Gasteiger partial charge in [0.25, 0.3) is 0 Å². The van der Waals surface area contributed by atoms with E-state index in [1.165, 1.54) is 0 Å². The SMILES string of the molecule is CC(CN)CCC1CC1N=O. The van der Waals surface area contributed by atoms with Crippen molar-refractivity contribution in [1.82, 2.24) is 0 Å².